The van der Waals surface area contributed by atoms with Gasteiger partial charge in [0.05, 0.1) is 12.0 Å². The Kier molecular flexibility index (Phi) is 6.77. The minimum atomic E-state index is -0.169. The van der Waals surface area contributed by atoms with Gasteiger partial charge in [-0.05, 0) is 37.4 Å². The number of nitrogens with zero attached hydrogens (tertiary/aromatic N) is 1. The molecule has 0 bridgehead atoms. The van der Waals surface area contributed by atoms with Crippen molar-refractivity contribution in [1.82, 2.24) is 15.6 Å². The van der Waals surface area contributed by atoms with Crippen LogP contribution in [0.15, 0.2) is 35.8 Å². The van der Waals surface area contributed by atoms with Gasteiger partial charge in [-0.1, -0.05) is 25.1 Å². The maximum atomic E-state index is 12.5. The largest absolute Gasteiger partial charge is 0.379 e. The fraction of sp³-hybridized carbons (Fsp3) is 0.500. The molecule has 2 aromatic rings. The van der Waals surface area contributed by atoms with Crippen molar-refractivity contribution in [3.05, 3.63) is 41.4 Å². The number of methoxy groups -OCH3 is 1. The van der Waals surface area contributed by atoms with Gasteiger partial charge in [0.25, 0.3) is 0 Å². The molecular formula is C20H27N3O2S. The topological polar surface area (TPSA) is 63.2 Å². The molecule has 6 heteroatoms. The molecule has 0 unspecified atom stereocenters. The number of carbonyl (C=O) groups excluding carboxylic acids is 1. The van der Waals surface area contributed by atoms with Crippen molar-refractivity contribution < 1.29 is 9.53 Å². The second-order valence-corrected chi connectivity index (χ2v) is 7.67. The molecule has 1 fully saturated rings. The fourth-order valence-corrected chi connectivity index (χ4v) is 4.21. The third-order valence-corrected chi connectivity index (χ3v) is 5.81. The lowest BCUT2D eigenvalue weighted by Crippen LogP contribution is -2.46. The van der Waals surface area contributed by atoms with Crippen LogP contribution in [-0.2, 0) is 16.0 Å². The third-order valence-electron chi connectivity index (χ3n) is 4.99. The molecule has 3 rings (SSSR count). The Morgan fingerprint density at radius 2 is 2.38 bits per heavy atom. The van der Waals surface area contributed by atoms with E-state index in [0.29, 0.717) is 6.54 Å². The third kappa shape index (κ3) is 4.69. The van der Waals surface area contributed by atoms with Gasteiger partial charge in [-0.2, -0.15) is 0 Å². The van der Waals surface area contributed by atoms with Crippen LogP contribution >= 0.6 is 11.3 Å². The van der Waals surface area contributed by atoms with Crippen molar-refractivity contribution >= 4 is 17.2 Å². The number of carbonyl (C=O) groups is 1. The maximum Gasteiger partial charge on any atom is 0.225 e. The van der Waals surface area contributed by atoms with E-state index in [1.54, 1.807) is 18.4 Å². The Morgan fingerprint density at radius 3 is 3.08 bits per heavy atom. The van der Waals surface area contributed by atoms with E-state index in [1.807, 2.05) is 24.6 Å². The highest BCUT2D eigenvalue weighted by Crippen LogP contribution is 2.22. The Hall–Kier alpha value is -1.76. The molecule has 0 spiro atoms. The highest BCUT2D eigenvalue weighted by molar-refractivity contribution is 7.13. The summed E-state index contributed by atoms with van der Waals surface area (Å²) in [5, 5.41) is 9.50. The first-order chi connectivity index (χ1) is 12.7. The molecule has 1 amide bonds. The van der Waals surface area contributed by atoms with E-state index in [2.05, 4.69) is 33.8 Å². The zero-order valence-electron chi connectivity index (χ0n) is 15.4. The van der Waals surface area contributed by atoms with E-state index < -0.39 is 0 Å². The predicted octanol–water partition coefficient (Wildman–Crippen LogP) is 2.87. The second-order valence-electron chi connectivity index (χ2n) is 6.77. The predicted molar refractivity (Wildman–Crippen MR) is 105 cm³/mol. The van der Waals surface area contributed by atoms with Gasteiger partial charge < -0.3 is 15.4 Å². The zero-order valence-corrected chi connectivity index (χ0v) is 16.2. The summed E-state index contributed by atoms with van der Waals surface area (Å²) in [6.07, 6.45) is 4.76. The lowest BCUT2D eigenvalue weighted by Gasteiger charge is -2.27. The average molecular weight is 374 g/mol. The number of ether oxygens (including phenoxy) is 1. The Balaban J connectivity index is 1.51. The van der Waals surface area contributed by atoms with E-state index in [0.717, 1.165) is 36.4 Å². The minimum absolute atomic E-state index is 0.0571. The first-order valence-electron chi connectivity index (χ1n) is 9.21. The molecule has 2 heterocycles. The van der Waals surface area contributed by atoms with Gasteiger partial charge in [0.1, 0.15) is 5.01 Å². The molecule has 1 aliphatic rings. The first kappa shape index (κ1) is 19.0. The van der Waals surface area contributed by atoms with E-state index in [9.17, 15) is 4.79 Å². The fourth-order valence-electron chi connectivity index (χ4n) is 3.57. The Morgan fingerprint density at radius 1 is 1.50 bits per heavy atom. The molecule has 0 aliphatic carbocycles. The van der Waals surface area contributed by atoms with Crippen LogP contribution < -0.4 is 10.6 Å². The zero-order chi connectivity index (χ0) is 18.4. The van der Waals surface area contributed by atoms with Crippen LogP contribution in [0, 0.1) is 5.92 Å². The monoisotopic (exact) mass is 373 g/mol. The normalized spacial score (nSPS) is 19.2. The van der Waals surface area contributed by atoms with Gasteiger partial charge in [0.15, 0.2) is 0 Å². The summed E-state index contributed by atoms with van der Waals surface area (Å²) in [4.78, 5) is 16.9. The van der Waals surface area contributed by atoms with E-state index in [-0.39, 0.29) is 24.0 Å². The Labute approximate surface area is 159 Å². The molecule has 1 saturated heterocycles. The van der Waals surface area contributed by atoms with Crippen LogP contribution in [0.1, 0.15) is 25.3 Å². The Bertz CT molecular complexity index is 699. The quantitative estimate of drug-likeness (QED) is 0.747. The highest BCUT2D eigenvalue weighted by Gasteiger charge is 2.32. The summed E-state index contributed by atoms with van der Waals surface area (Å²) in [6, 6.07) is 8.63. The molecule has 1 aromatic carbocycles. The van der Waals surface area contributed by atoms with Crippen molar-refractivity contribution in [2.75, 3.05) is 20.2 Å². The second kappa shape index (κ2) is 9.26. The van der Waals surface area contributed by atoms with Gasteiger partial charge >= 0.3 is 0 Å². The van der Waals surface area contributed by atoms with Crippen LogP contribution in [0.25, 0.3) is 10.6 Å². The lowest BCUT2D eigenvalue weighted by atomic mass is 9.95. The van der Waals surface area contributed by atoms with E-state index in [4.69, 9.17) is 4.74 Å². The number of thiazole rings is 1. The van der Waals surface area contributed by atoms with Crippen LogP contribution in [0.4, 0.5) is 0 Å². The van der Waals surface area contributed by atoms with Crippen LogP contribution in [0.2, 0.25) is 0 Å². The summed E-state index contributed by atoms with van der Waals surface area (Å²) in [6.45, 7) is 3.58. The van der Waals surface area contributed by atoms with Gasteiger partial charge in [-0.25, -0.2) is 4.98 Å². The SMILES string of the molecule is CO[C@@H]([C@@H]1CCCN1)[C@@H](C)C(=O)NCCc1cccc(-c2nccs2)c1. The summed E-state index contributed by atoms with van der Waals surface area (Å²) in [7, 11) is 1.69. The minimum Gasteiger partial charge on any atom is -0.379 e. The summed E-state index contributed by atoms with van der Waals surface area (Å²) in [5.74, 6) is -0.112. The van der Waals surface area contributed by atoms with E-state index >= 15 is 0 Å². The van der Waals surface area contributed by atoms with Gasteiger partial charge in [-0.15, -0.1) is 11.3 Å². The average Bonchev–Trinajstić information content (AvgIpc) is 3.36. The standard InChI is InChI=1S/C20H27N3O2S/c1-14(18(25-2)17-7-4-9-21-17)19(24)22-10-8-15-5-3-6-16(13-15)20-23-11-12-26-20/h3,5-6,11-14,17-18,21H,4,7-10H2,1-2H3,(H,22,24)/t14-,17+,18-/m1/s1. The smallest absolute Gasteiger partial charge is 0.225 e. The molecule has 3 atom stereocenters. The van der Waals surface area contributed by atoms with Crippen molar-refractivity contribution in [3.8, 4) is 10.6 Å². The molecular weight excluding hydrogens is 346 g/mol. The highest BCUT2D eigenvalue weighted by atomic mass is 32.1. The summed E-state index contributed by atoms with van der Waals surface area (Å²) in [5.41, 5.74) is 2.33. The van der Waals surface area contributed by atoms with Crippen LogP contribution in [0.3, 0.4) is 0 Å². The molecule has 140 valence electrons. The number of rotatable bonds is 8. The summed E-state index contributed by atoms with van der Waals surface area (Å²) < 4.78 is 5.61. The lowest BCUT2D eigenvalue weighted by molar-refractivity contribution is -0.129. The number of amides is 1. The van der Waals surface area contributed by atoms with Crippen molar-refractivity contribution in [3.63, 3.8) is 0 Å². The molecule has 26 heavy (non-hydrogen) atoms. The number of nitrogens with one attached hydrogen (secondary N) is 2. The van der Waals surface area contributed by atoms with E-state index in [1.165, 1.54) is 5.56 Å². The molecule has 0 radical (unpaired) electrons. The van der Waals surface area contributed by atoms with Crippen LogP contribution in [0.5, 0.6) is 0 Å². The maximum absolute atomic E-state index is 12.5. The molecule has 1 aliphatic heterocycles. The number of aromatic nitrogens is 1. The number of benzene rings is 1. The van der Waals surface area contributed by atoms with Crippen molar-refractivity contribution in [2.45, 2.75) is 38.3 Å². The molecule has 0 saturated carbocycles. The van der Waals surface area contributed by atoms with Gasteiger partial charge in [0, 0.05) is 36.8 Å². The first-order valence-corrected chi connectivity index (χ1v) is 10.1. The number of hydrogen-bond donors (Lipinski definition) is 2. The van der Waals surface area contributed by atoms with Crippen LogP contribution in [-0.4, -0.2) is 43.2 Å². The van der Waals surface area contributed by atoms with Gasteiger partial charge in [0.2, 0.25) is 5.91 Å². The molecule has 2 N–H and O–H groups in total. The van der Waals surface area contributed by atoms with Crippen molar-refractivity contribution in [2.24, 2.45) is 5.92 Å². The molecule has 5 nitrogen and oxygen atoms in total. The molecule has 1 aromatic heterocycles. The van der Waals surface area contributed by atoms with Crippen molar-refractivity contribution in [1.29, 1.82) is 0 Å². The van der Waals surface area contributed by atoms with Gasteiger partial charge in [-0.3, -0.25) is 4.79 Å². The summed E-state index contributed by atoms with van der Waals surface area (Å²) >= 11 is 1.63. The number of hydrogen-bond acceptors (Lipinski definition) is 5.